The summed E-state index contributed by atoms with van der Waals surface area (Å²) < 4.78 is 0. The minimum absolute atomic E-state index is 0.0263. The van der Waals surface area contributed by atoms with Crippen molar-refractivity contribution in [3.05, 3.63) is 0 Å². The van der Waals surface area contributed by atoms with Gasteiger partial charge in [0, 0.05) is 12.6 Å². The van der Waals surface area contributed by atoms with Gasteiger partial charge in [-0.1, -0.05) is 0 Å². The molecule has 0 unspecified atom stereocenters. The number of carbonyl (C=O) groups is 2. The molecule has 68 valence electrons. The average molecular weight is 170 g/mol. The maximum Gasteiger partial charge on any atom is 0.327 e. The number of hydrogen-bond donors (Lipinski definition) is 0. The third kappa shape index (κ3) is 1.29. The van der Waals surface area contributed by atoms with Gasteiger partial charge in [0.05, 0.1) is 0 Å². The minimum atomic E-state index is -0.155. The smallest absolute Gasteiger partial charge is 0.315 e. The molecule has 0 spiro atoms. The van der Waals surface area contributed by atoms with Crippen molar-refractivity contribution in [3.8, 4) is 0 Å². The van der Waals surface area contributed by atoms with Gasteiger partial charge in [0.25, 0.3) is 5.91 Å². The van der Waals surface area contributed by atoms with E-state index in [0.717, 1.165) is 0 Å². The van der Waals surface area contributed by atoms with Gasteiger partial charge in [0.2, 0.25) is 0 Å². The maximum atomic E-state index is 11.4. The predicted molar refractivity (Wildman–Crippen MR) is 44.6 cm³/mol. The second-order valence-electron chi connectivity index (χ2n) is 3.15. The van der Waals surface area contributed by atoms with Crippen LogP contribution in [0.1, 0.15) is 20.8 Å². The van der Waals surface area contributed by atoms with Gasteiger partial charge < -0.3 is 4.90 Å². The number of rotatable bonds is 2. The molecule has 0 aromatic rings. The number of carbonyl (C=O) groups excluding carboxylic acids is 2. The van der Waals surface area contributed by atoms with E-state index >= 15 is 0 Å². The number of likely N-dealkylation sites (N-methyl/N-ethyl adjacent to an activating group) is 1. The zero-order chi connectivity index (χ0) is 9.30. The number of imide groups is 1. The van der Waals surface area contributed by atoms with Crippen LogP contribution in [0.25, 0.3) is 0 Å². The highest BCUT2D eigenvalue weighted by molar-refractivity contribution is 6.02. The second-order valence-corrected chi connectivity index (χ2v) is 3.15. The zero-order valence-electron chi connectivity index (χ0n) is 7.70. The Balaban J connectivity index is 2.77. The van der Waals surface area contributed by atoms with E-state index in [0.29, 0.717) is 6.54 Å². The van der Waals surface area contributed by atoms with Gasteiger partial charge in [0.15, 0.2) is 0 Å². The fourth-order valence-electron chi connectivity index (χ4n) is 1.32. The summed E-state index contributed by atoms with van der Waals surface area (Å²) in [5.74, 6) is -0.0862. The largest absolute Gasteiger partial charge is 0.327 e. The fraction of sp³-hybridized carbons (Fsp3) is 0.750. The third-order valence-corrected chi connectivity index (χ3v) is 1.97. The predicted octanol–water partition coefficient (Wildman–Crippen LogP) is 0.679. The Bertz CT molecular complexity index is 213. The monoisotopic (exact) mass is 170 g/mol. The van der Waals surface area contributed by atoms with Crippen molar-refractivity contribution < 1.29 is 9.59 Å². The molecule has 1 aliphatic rings. The van der Waals surface area contributed by atoms with E-state index in [4.69, 9.17) is 0 Å². The standard InChI is InChI=1S/C8H14N2O2/c1-4-9-5-7(11)10(6(2)3)8(9)12/h6H,4-5H2,1-3H3. The Labute approximate surface area is 72.1 Å². The summed E-state index contributed by atoms with van der Waals surface area (Å²) in [6.45, 7) is 6.40. The summed E-state index contributed by atoms with van der Waals surface area (Å²) in [5, 5.41) is 0. The Morgan fingerprint density at radius 1 is 1.42 bits per heavy atom. The highest BCUT2D eigenvalue weighted by Gasteiger charge is 2.36. The van der Waals surface area contributed by atoms with Crippen LogP contribution in [-0.4, -0.2) is 40.9 Å². The first-order valence-corrected chi connectivity index (χ1v) is 4.19. The summed E-state index contributed by atoms with van der Waals surface area (Å²) in [6, 6.07) is -0.181. The Morgan fingerprint density at radius 3 is 2.25 bits per heavy atom. The maximum absolute atomic E-state index is 11.4. The van der Waals surface area contributed by atoms with Gasteiger partial charge in [-0.3, -0.25) is 9.69 Å². The Morgan fingerprint density at radius 2 is 2.00 bits per heavy atom. The summed E-state index contributed by atoms with van der Waals surface area (Å²) in [5.41, 5.74) is 0. The lowest BCUT2D eigenvalue weighted by Gasteiger charge is -2.18. The van der Waals surface area contributed by atoms with Gasteiger partial charge in [0.1, 0.15) is 6.54 Å². The van der Waals surface area contributed by atoms with Crippen LogP contribution in [0, 0.1) is 0 Å². The molecule has 3 amide bonds. The van der Waals surface area contributed by atoms with Crippen molar-refractivity contribution in [1.82, 2.24) is 9.80 Å². The number of urea groups is 1. The average Bonchev–Trinajstić information content (AvgIpc) is 2.25. The summed E-state index contributed by atoms with van der Waals surface area (Å²) in [6.07, 6.45) is 0. The van der Waals surface area contributed by atoms with Crippen molar-refractivity contribution in [2.75, 3.05) is 13.1 Å². The molecule has 0 bridgehead atoms. The SMILES string of the molecule is CCN1CC(=O)N(C(C)C)C1=O. The van der Waals surface area contributed by atoms with Gasteiger partial charge in [-0.15, -0.1) is 0 Å². The molecule has 0 aromatic carbocycles. The van der Waals surface area contributed by atoms with E-state index in [1.165, 1.54) is 4.90 Å². The lowest BCUT2D eigenvalue weighted by molar-refractivity contribution is -0.126. The molecule has 12 heavy (non-hydrogen) atoms. The molecule has 1 rings (SSSR count). The zero-order valence-corrected chi connectivity index (χ0v) is 7.70. The van der Waals surface area contributed by atoms with Crippen LogP contribution in [-0.2, 0) is 4.79 Å². The molecule has 0 atom stereocenters. The number of nitrogens with zero attached hydrogens (tertiary/aromatic N) is 2. The third-order valence-electron chi connectivity index (χ3n) is 1.97. The van der Waals surface area contributed by atoms with Crippen LogP contribution >= 0.6 is 0 Å². The normalized spacial score (nSPS) is 18.3. The molecular weight excluding hydrogens is 156 g/mol. The summed E-state index contributed by atoms with van der Waals surface area (Å²) in [4.78, 5) is 25.5. The summed E-state index contributed by atoms with van der Waals surface area (Å²) >= 11 is 0. The van der Waals surface area contributed by atoms with Crippen molar-refractivity contribution in [2.45, 2.75) is 26.8 Å². The van der Waals surface area contributed by atoms with Crippen LogP contribution in [0.15, 0.2) is 0 Å². The quantitative estimate of drug-likeness (QED) is 0.572. The highest BCUT2D eigenvalue weighted by Crippen LogP contribution is 2.12. The molecule has 0 aromatic heterocycles. The summed E-state index contributed by atoms with van der Waals surface area (Å²) in [7, 11) is 0. The first-order chi connectivity index (χ1) is 5.57. The van der Waals surface area contributed by atoms with Crippen LogP contribution in [0.3, 0.4) is 0 Å². The van der Waals surface area contributed by atoms with E-state index in [1.54, 1.807) is 4.90 Å². The lowest BCUT2D eigenvalue weighted by Crippen LogP contribution is -2.37. The topological polar surface area (TPSA) is 40.6 Å². The van der Waals surface area contributed by atoms with Crippen LogP contribution in [0.5, 0.6) is 0 Å². The van der Waals surface area contributed by atoms with E-state index in [-0.39, 0.29) is 24.5 Å². The highest BCUT2D eigenvalue weighted by atomic mass is 16.2. The van der Waals surface area contributed by atoms with E-state index in [2.05, 4.69) is 0 Å². The molecule has 4 heteroatoms. The van der Waals surface area contributed by atoms with Gasteiger partial charge in [-0.05, 0) is 20.8 Å². The fourth-order valence-corrected chi connectivity index (χ4v) is 1.32. The minimum Gasteiger partial charge on any atom is -0.315 e. The van der Waals surface area contributed by atoms with Crippen LogP contribution in [0.2, 0.25) is 0 Å². The lowest BCUT2D eigenvalue weighted by atomic mass is 10.3. The van der Waals surface area contributed by atoms with E-state index in [9.17, 15) is 9.59 Å². The molecule has 0 N–H and O–H groups in total. The first kappa shape index (κ1) is 9.03. The molecular formula is C8H14N2O2. The van der Waals surface area contributed by atoms with Crippen LogP contribution < -0.4 is 0 Å². The van der Waals surface area contributed by atoms with Crippen LogP contribution in [0.4, 0.5) is 4.79 Å². The van der Waals surface area contributed by atoms with Gasteiger partial charge >= 0.3 is 6.03 Å². The second kappa shape index (κ2) is 3.13. The Kier molecular flexibility index (Phi) is 2.35. The molecule has 0 saturated carbocycles. The molecule has 1 saturated heterocycles. The molecule has 1 fully saturated rings. The van der Waals surface area contributed by atoms with Crippen molar-refractivity contribution >= 4 is 11.9 Å². The van der Waals surface area contributed by atoms with Crippen molar-refractivity contribution in [2.24, 2.45) is 0 Å². The molecule has 1 aliphatic heterocycles. The van der Waals surface area contributed by atoms with Crippen molar-refractivity contribution in [1.29, 1.82) is 0 Å². The number of amides is 3. The Hall–Kier alpha value is -1.06. The van der Waals surface area contributed by atoms with E-state index < -0.39 is 0 Å². The van der Waals surface area contributed by atoms with Gasteiger partial charge in [-0.2, -0.15) is 0 Å². The molecule has 0 aliphatic carbocycles. The van der Waals surface area contributed by atoms with E-state index in [1.807, 2.05) is 20.8 Å². The first-order valence-electron chi connectivity index (χ1n) is 4.19. The number of hydrogen-bond acceptors (Lipinski definition) is 2. The molecule has 0 radical (unpaired) electrons. The van der Waals surface area contributed by atoms with Gasteiger partial charge in [-0.25, -0.2) is 4.79 Å². The molecule has 4 nitrogen and oxygen atoms in total. The van der Waals surface area contributed by atoms with Crippen molar-refractivity contribution in [3.63, 3.8) is 0 Å². The molecule has 1 heterocycles.